The minimum Gasteiger partial charge on any atom is -0.350 e. The molecule has 1 atom stereocenters. The normalized spacial score (nSPS) is 11.5. The van der Waals surface area contributed by atoms with Crippen molar-refractivity contribution in [1.82, 2.24) is 10.6 Å². The van der Waals surface area contributed by atoms with Gasteiger partial charge >= 0.3 is 6.03 Å². The number of carbonyl (C=O) groups excluding carboxylic acids is 2. The third kappa shape index (κ3) is 5.80. The number of benzene rings is 2. The first kappa shape index (κ1) is 18.8. The molecular weight excluding hydrogens is 338 g/mol. The highest BCUT2D eigenvalue weighted by Gasteiger charge is 2.09. The van der Waals surface area contributed by atoms with Gasteiger partial charge in [0, 0.05) is 28.9 Å². The van der Waals surface area contributed by atoms with Gasteiger partial charge in [0.1, 0.15) is 0 Å². The summed E-state index contributed by atoms with van der Waals surface area (Å²) in [6, 6.07) is 13.9. The van der Waals surface area contributed by atoms with Crippen molar-refractivity contribution in [2.24, 2.45) is 0 Å². The van der Waals surface area contributed by atoms with Crippen LogP contribution in [0.5, 0.6) is 0 Å². The first-order valence-corrected chi connectivity index (χ1v) is 8.56. The molecule has 0 saturated heterocycles. The van der Waals surface area contributed by atoms with Crippen LogP contribution in [0.1, 0.15) is 36.2 Å². The molecule has 0 aromatic heterocycles. The Kier molecular flexibility index (Phi) is 6.83. The van der Waals surface area contributed by atoms with Gasteiger partial charge < -0.3 is 16.0 Å². The summed E-state index contributed by atoms with van der Waals surface area (Å²) in [7, 11) is 0. The standard InChI is InChI=1S/C19H22ClN3O2/c1-3-13(2)22-18(24)14-8-10-16(11-9-14)23-19(25)21-12-15-6-4-5-7-17(15)20/h4-11,13H,3,12H2,1-2H3,(H,22,24)(H2,21,23,25)/t13-/m1/s1. The number of halogens is 1. The molecule has 5 nitrogen and oxygen atoms in total. The maximum absolute atomic E-state index is 12.0. The van der Waals surface area contributed by atoms with E-state index in [1.54, 1.807) is 30.3 Å². The third-order valence-electron chi connectivity index (χ3n) is 3.79. The molecule has 2 aromatic rings. The van der Waals surface area contributed by atoms with Gasteiger partial charge in [-0.3, -0.25) is 4.79 Å². The molecule has 6 heteroatoms. The summed E-state index contributed by atoms with van der Waals surface area (Å²) in [6.07, 6.45) is 0.872. The number of rotatable bonds is 6. The molecule has 0 bridgehead atoms. The predicted octanol–water partition coefficient (Wildman–Crippen LogP) is 4.19. The molecule has 0 aliphatic rings. The number of anilines is 1. The van der Waals surface area contributed by atoms with Crippen molar-refractivity contribution in [3.8, 4) is 0 Å². The van der Waals surface area contributed by atoms with Crippen LogP contribution in [0.3, 0.4) is 0 Å². The van der Waals surface area contributed by atoms with E-state index in [1.165, 1.54) is 0 Å². The molecular formula is C19H22ClN3O2. The highest BCUT2D eigenvalue weighted by molar-refractivity contribution is 6.31. The minimum atomic E-state index is -0.336. The van der Waals surface area contributed by atoms with Crippen LogP contribution >= 0.6 is 11.6 Å². The van der Waals surface area contributed by atoms with Crippen molar-refractivity contribution in [3.63, 3.8) is 0 Å². The maximum Gasteiger partial charge on any atom is 0.319 e. The highest BCUT2D eigenvalue weighted by Crippen LogP contribution is 2.14. The second-order valence-corrected chi connectivity index (χ2v) is 6.17. The quantitative estimate of drug-likeness (QED) is 0.723. The average molecular weight is 360 g/mol. The van der Waals surface area contributed by atoms with E-state index in [-0.39, 0.29) is 18.0 Å². The van der Waals surface area contributed by atoms with Gasteiger partial charge in [0.25, 0.3) is 5.91 Å². The Morgan fingerprint density at radius 3 is 2.40 bits per heavy atom. The molecule has 0 unspecified atom stereocenters. The van der Waals surface area contributed by atoms with Crippen LogP contribution in [-0.2, 0) is 6.54 Å². The smallest absolute Gasteiger partial charge is 0.319 e. The first-order valence-electron chi connectivity index (χ1n) is 8.18. The molecule has 0 heterocycles. The van der Waals surface area contributed by atoms with E-state index < -0.39 is 0 Å². The monoisotopic (exact) mass is 359 g/mol. The third-order valence-corrected chi connectivity index (χ3v) is 4.16. The summed E-state index contributed by atoms with van der Waals surface area (Å²) in [4.78, 5) is 24.0. The Balaban J connectivity index is 1.87. The van der Waals surface area contributed by atoms with Crippen LogP contribution < -0.4 is 16.0 Å². The zero-order chi connectivity index (χ0) is 18.2. The summed E-state index contributed by atoms with van der Waals surface area (Å²) in [6.45, 7) is 4.30. The van der Waals surface area contributed by atoms with E-state index in [2.05, 4.69) is 16.0 Å². The topological polar surface area (TPSA) is 70.2 Å². The number of amides is 3. The number of nitrogens with one attached hydrogen (secondary N) is 3. The number of urea groups is 1. The van der Waals surface area contributed by atoms with Crippen molar-refractivity contribution >= 4 is 29.2 Å². The summed E-state index contributed by atoms with van der Waals surface area (Å²) < 4.78 is 0. The Labute approximate surface area is 152 Å². The number of hydrogen-bond donors (Lipinski definition) is 3. The van der Waals surface area contributed by atoms with Gasteiger partial charge in [-0.2, -0.15) is 0 Å². The molecule has 0 spiro atoms. The SMILES string of the molecule is CC[C@@H](C)NC(=O)c1ccc(NC(=O)NCc2ccccc2Cl)cc1. The van der Waals surface area contributed by atoms with Crippen molar-refractivity contribution in [3.05, 3.63) is 64.7 Å². The van der Waals surface area contributed by atoms with E-state index in [4.69, 9.17) is 11.6 Å². The van der Waals surface area contributed by atoms with Crippen LogP contribution in [0.25, 0.3) is 0 Å². The zero-order valence-corrected chi connectivity index (χ0v) is 15.1. The largest absolute Gasteiger partial charge is 0.350 e. The molecule has 3 amide bonds. The van der Waals surface area contributed by atoms with Gasteiger partial charge in [-0.25, -0.2) is 4.79 Å². The van der Waals surface area contributed by atoms with Crippen molar-refractivity contribution in [2.75, 3.05) is 5.32 Å². The van der Waals surface area contributed by atoms with Crippen molar-refractivity contribution in [1.29, 1.82) is 0 Å². The van der Waals surface area contributed by atoms with Crippen LogP contribution in [0.2, 0.25) is 5.02 Å². The first-order chi connectivity index (χ1) is 12.0. The molecule has 2 aromatic carbocycles. The molecule has 3 N–H and O–H groups in total. The van der Waals surface area contributed by atoms with Crippen LogP contribution in [0.15, 0.2) is 48.5 Å². The lowest BCUT2D eigenvalue weighted by molar-refractivity contribution is 0.0939. The lowest BCUT2D eigenvalue weighted by Crippen LogP contribution is -2.32. The molecule has 132 valence electrons. The second kappa shape index (κ2) is 9.08. The molecule has 0 aliphatic heterocycles. The fourth-order valence-electron chi connectivity index (χ4n) is 2.11. The number of hydrogen-bond acceptors (Lipinski definition) is 2. The van der Waals surface area contributed by atoms with Gasteiger partial charge in [-0.1, -0.05) is 36.7 Å². The molecule has 0 radical (unpaired) electrons. The fourth-order valence-corrected chi connectivity index (χ4v) is 2.31. The molecule has 0 saturated carbocycles. The predicted molar refractivity (Wildman–Crippen MR) is 101 cm³/mol. The lowest BCUT2D eigenvalue weighted by Gasteiger charge is -2.12. The molecule has 0 aliphatic carbocycles. The van der Waals surface area contributed by atoms with Crippen molar-refractivity contribution in [2.45, 2.75) is 32.9 Å². The summed E-state index contributed by atoms with van der Waals surface area (Å²) in [5.74, 6) is -0.121. The maximum atomic E-state index is 12.0. The Morgan fingerprint density at radius 1 is 1.08 bits per heavy atom. The Morgan fingerprint density at radius 2 is 1.76 bits per heavy atom. The molecule has 25 heavy (non-hydrogen) atoms. The van der Waals surface area contributed by atoms with Crippen molar-refractivity contribution < 1.29 is 9.59 Å². The molecule has 0 fully saturated rings. The van der Waals surface area contributed by atoms with E-state index in [0.29, 0.717) is 22.8 Å². The van der Waals surface area contributed by atoms with Crippen LogP contribution in [-0.4, -0.2) is 18.0 Å². The summed E-state index contributed by atoms with van der Waals surface area (Å²) in [5, 5.41) is 8.98. The zero-order valence-electron chi connectivity index (χ0n) is 14.3. The van der Waals surface area contributed by atoms with E-state index in [0.717, 1.165) is 12.0 Å². The van der Waals surface area contributed by atoms with Crippen LogP contribution in [0, 0.1) is 0 Å². The van der Waals surface area contributed by atoms with E-state index >= 15 is 0 Å². The highest BCUT2D eigenvalue weighted by atomic mass is 35.5. The minimum absolute atomic E-state index is 0.121. The van der Waals surface area contributed by atoms with Gasteiger partial charge in [0.15, 0.2) is 0 Å². The van der Waals surface area contributed by atoms with E-state index in [9.17, 15) is 9.59 Å². The average Bonchev–Trinajstić information content (AvgIpc) is 2.61. The van der Waals surface area contributed by atoms with Gasteiger partial charge in [-0.05, 0) is 49.2 Å². The summed E-state index contributed by atoms with van der Waals surface area (Å²) >= 11 is 6.05. The van der Waals surface area contributed by atoms with E-state index in [1.807, 2.05) is 32.0 Å². The van der Waals surface area contributed by atoms with Gasteiger partial charge in [-0.15, -0.1) is 0 Å². The lowest BCUT2D eigenvalue weighted by atomic mass is 10.1. The second-order valence-electron chi connectivity index (χ2n) is 5.76. The van der Waals surface area contributed by atoms with Gasteiger partial charge in [0.2, 0.25) is 0 Å². The Bertz CT molecular complexity index is 732. The summed E-state index contributed by atoms with van der Waals surface area (Å²) in [5.41, 5.74) is 2.01. The van der Waals surface area contributed by atoms with Crippen LogP contribution in [0.4, 0.5) is 10.5 Å². The fraction of sp³-hybridized carbons (Fsp3) is 0.263. The molecule has 2 rings (SSSR count). The number of carbonyl (C=O) groups is 2. The van der Waals surface area contributed by atoms with Gasteiger partial charge in [0.05, 0.1) is 0 Å². The Hall–Kier alpha value is -2.53.